The molecule has 4 N–H and O–H groups in total. The van der Waals surface area contributed by atoms with Crippen LogP contribution in [0.25, 0.3) is 11.2 Å². The molecule has 0 aliphatic carbocycles. The summed E-state index contributed by atoms with van der Waals surface area (Å²) in [6.07, 6.45) is -2.45. The highest BCUT2D eigenvalue weighted by atomic mass is 19.4. The number of hydrogen-bond acceptors (Lipinski definition) is 8. The van der Waals surface area contributed by atoms with E-state index in [1.54, 1.807) is 0 Å². The molecule has 3 heterocycles. The highest BCUT2D eigenvalue weighted by Crippen LogP contribution is 2.27. The van der Waals surface area contributed by atoms with Crippen LogP contribution in [0.4, 0.5) is 23.5 Å². The monoisotopic (exact) mass is 403 g/mol. The van der Waals surface area contributed by atoms with Crippen molar-refractivity contribution in [2.75, 3.05) is 25.1 Å². The minimum absolute atomic E-state index is 0.00140. The first-order chi connectivity index (χ1) is 13.3. The number of anilines is 1. The molecule has 2 atom stereocenters. The predicted molar refractivity (Wildman–Crippen MR) is 91.0 cm³/mol. The topological polar surface area (TPSA) is 123 Å². The van der Waals surface area contributed by atoms with Gasteiger partial charge in [0.1, 0.15) is 11.9 Å². The van der Waals surface area contributed by atoms with Crippen LogP contribution in [0.2, 0.25) is 0 Å². The number of fused-ring (bicyclic) bond motifs is 1. The van der Waals surface area contributed by atoms with Crippen molar-refractivity contribution in [2.24, 2.45) is 5.73 Å². The van der Waals surface area contributed by atoms with Gasteiger partial charge in [-0.3, -0.25) is 0 Å². The summed E-state index contributed by atoms with van der Waals surface area (Å²) in [6.45, 7) is -1.31. The second-order valence-corrected chi connectivity index (χ2v) is 5.92. The molecule has 1 saturated heterocycles. The molecule has 0 bridgehead atoms. The summed E-state index contributed by atoms with van der Waals surface area (Å²) >= 11 is 0. The van der Waals surface area contributed by atoms with Crippen molar-refractivity contribution >= 4 is 23.4 Å². The molecule has 1 fully saturated rings. The third-order valence-electron chi connectivity index (χ3n) is 3.92. The van der Waals surface area contributed by atoms with Crippen molar-refractivity contribution in [1.29, 1.82) is 5.41 Å². The lowest BCUT2D eigenvalue weighted by molar-refractivity contribution is -0.154. The van der Waals surface area contributed by atoms with Crippen LogP contribution in [0.5, 0.6) is 5.88 Å². The zero-order chi connectivity index (χ0) is 20.3. The number of halogens is 4. The molecule has 0 saturated carbocycles. The lowest BCUT2D eigenvalue weighted by Crippen LogP contribution is -2.39. The van der Waals surface area contributed by atoms with Gasteiger partial charge in [-0.2, -0.15) is 22.7 Å². The van der Waals surface area contributed by atoms with Gasteiger partial charge < -0.3 is 25.9 Å². The first-order valence-corrected chi connectivity index (χ1v) is 8.19. The molecule has 0 aromatic carbocycles. The van der Waals surface area contributed by atoms with E-state index in [-0.39, 0.29) is 35.3 Å². The summed E-state index contributed by atoms with van der Waals surface area (Å²) in [4.78, 5) is 8.09. The first kappa shape index (κ1) is 19.8. The van der Waals surface area contributed by atoms with Crippen LogP contribution in [0.3, 0.4) is 0 Å². The third-order valence-corrected chi connectivity index (χ3v) is 3.92. The fourth-order valence-corrected chi connectivity index (χ4v) is 2.60. The second-order valence-electron chi connectivity index (χ2n) is 5.92. The zero-order valence-electron chi connectivity index (χ0n) is 14.4. The van der Waals surface area contributed by atoms with Crippen molar-refractivity contribution in [3.05, 3.63) is 18.1 Å². The van der Waals surface area contributed by atoms with Crippen molar-refractivity contribution in [1.82, 2.24) is 19.6 Å². The highest BCUT2D eigenvalue weighted by molar-refractivity contribution is 6.08. The maximum absolute atomic E-state index is 13.9. The Kier molecular flexibility index (Phi) is 5.63. The Hall–Kier alpha value is -2.96. The summed E-state index contributed by atoms with van der Waals surface area (Å²) in [5.41, 5.74) is 5.40. The van der Waals surface area contributed by atoms with Gasteiger partial charge in [-0.1, -0.05) is 0 Å². The molecular weight excluding hydrogens is 386 g/mol. The number of aromatic nitrogens is 4. The number of rotatable bonds is 6. The molecular formula is C15H17F4N7O2. The highest BCUT2D eigenvalue weighted by Gasteiger charge is 2.31. The molecule has 3 rings (SSSR count). The molecule has 0 spiro atoms. The molecule has 2 unspecified atom stereocenters. The van der Waals surface area contributed by atoms with Crippen molar-refractivity contribution in [3.8, 4) is 5.88 Å². The first-order valence-electron chi connectivity index (χ1n) is 8.19. The molecule has 2 aromatic heterocycles. The van der Waals surface area contributed by atoms with E-state index in [0.717, 1.165) is 16.9 Å². The molecule has 152 valence electrons. The van der Waals surface area contributed by atoms with Crippen LogP contribution in [0.15, 0.2) is 12.4 Å². The number of nitrogens with one attached hydrogen (secondary N) is 2. The van der Waals surface area contributed by atoms with E-state index >= 15 is 0 Å². The molecule has 0 amide bonds. The summed E-state index contributed by atoms with van der Waals surface area (Å²) in [5, 5.41) is 14.2. The molecule has 9 nitrogen and oxygen atoms in total. The SMILES string of the molecule is N=C/C(=C\N)c1ncc2nc(NC3CCOCC3F)nn2c1OCC(F)(F)F. The van der Waals surface area contributed by atoms with Crippen molar-refractivity contribution < 1.29 is 27.0 Å². The Bertz CT molecular complexity index is 883. The van der Waals surface area contributed by atoms with Gasteiger partial charge in [-0.05, 0) is 6.42 Å². The molecule has 13 heteroatoms. The van der Waals surface area contributed by atoms with Gasteiger partial charge in [0, 0.05) is 24.6 Å². The van der Waals surface area contributed by atoms with Crippen LogP contribution < -0.4 is 15.8 Å². The summed E-state index contributed by atoms with van der Waals surface area (Å²) in [5.74, 6) is -0.391. The van der Waals surface area contributed by atoms with Gasteiger partial charge in [-0.25, -0.2) is 9.37 Å². The average molecular weight is 403 g/mol. The molecule has 1 aliphatic heterocycles. The van der Waals surface area contributed by atoms with Gasteiger partial charge in [0.25, 0.3) is 0 Å². The number of nitrogens with zero attached hydrogens (tertiary/aromatic N) is 4. The number of nitrogens with two attached hydrogens (primary N) is 1. The minimum atomic E-state index is -4.61. The average Bonchev–Trinajstić information content (AvgIpc) is 3.05. The summed E-state index contributed by atoms with van der Waals surface area (Å²) in [6, 6.07) is -0.598. The van der Waals surface area contributed by atoms with Crippen LogP contribution >= 0.6 is 0 Å². The Morgan fingerprint density at radius 2 is 2.29 bits per heavy atom. The maximum Gasteiger partial charge on any atom is 0.422 e. The number of allylic oxidation sites excluding steroid dienone is 1. The Morgan fingerprint density at radius 3 is 2.93 bits per heavy atom. The Balaban J connectivity index is 1.99. The van der Waals surface area contributed by atoms with Gasteiger partial charge in [0.2, 0.25) is 11.8 Å². The fourth-order valence-electron chi connectivity index (χ4n) is 2.60. The van der Waals surface area contributed by atoms with E-state index in [2.05, 4.69) is 20.4 Å². The molecule has 0 radical (unpaired) electrons. The van der Waals surface area contributed by atoms with E-state index in [4.69, 9.17) is 20.6 Å². The van der Waals surface area contributed by atoms with Gasteiger partial charge in [-0.15, -0.1) is 5.10 Å². The van der Waals surface area contributed by atoms with Crippen molar-refractivity contribution in [2.45, 2.75) is 24.8 Å². The standard InChI is InChI=1S/C15H17F4N7O2/c16-9-6-27-2-1-10(9)23-14-24-11-5-22-12(8(3-20)4-21)13(26(11)25-14)28-7-15(17,18)19/h3-5,9-10,20H,1-2,6-7,21H2,(H,23,25)/b8-4+,20-3?. The van der Waals surface area contributed by atoms with Crippen LogP contribution in [0.1, 0.15) is 12.1 Å². The maximum atomic E-state index is 13.9. The van der Waals surface area contributed by atoms with E-state index in [1.165, 1.54) is 6.20 Å². The Labute approximate surface area is 156 Å². The summed E-state index contributed by atoms with van der Waals surface area (Å²) < 4.78 is 62.8. The third kappa shape index (κ3) is 4.30. The fraction of sp³-hybridized carbons (Fsp3) is 0.467. The lowest BCUT2D eigenvalue weighted by Gasteiger charge is -2.26. The molecule has 1 aliphatic rings. The predicted octanol–water partition coefficient (Wildman–Crippen LogP) is 1.55. The van der Waals surface area contributed by atoms with E-state index in [1.807, 2.05) is 0 Å². The van der Waals surface area contributed by atoms with E-state index in [0.29, 0.717) is 13.0 Å². The van der Waals surface area contributed by atoms with Crippen LogP contribution in [-0.4, -0.2) is 64.0 Å². The lowest BCUT2D eigenvalue weighted by atomic mass is 10.1. The zero-order valence-corrected chi connectivity index (χ0v) is 14.4. The summed E-state index contributed by atoms with van der Waals surface area (Å²) in [7, 11) is 0. The smallest absolute Gasteiger partial charge is 0.422 e. The van der Waals surface area contributed by atoms with E-state index < -0.39 is 25.0 Å². The molecule has 28 heavy (non-hydrogen) atoms. The minimum Gasteiger partial charge on any atom is -0.466 e. The Morgan fingerprint density at radius 1 is 1.50 bits per heavy atom. The van der Waals surface area contributed by atoms with Gasteiger partial charge >= 0.3 is 6.18 Å². The second kappa shape index (κ2) is 7.96. The van der Waals surface area contributed by atoms with Crippen molar-refractivity contribution in [3.63, 3.8) is 0 Å². The number of hydrogen-bond donors (Lipinski definition) is 3. The number of alkyl halides is 4. The van der Waals surface area contributed by atoms with Crippen LogP contribution in [0, 0.1) is 5.41 Å². The normalized spacial score (nSPS) is 20.9. The van der Waals surface area contributed by atoms with Gasteiger partial charge in [0.05, 0.1) is 18.8 Å². The quantitative estimate of drug-likeness (QED) is 0.494. The van der Waals surface area contributed by atoms with Crippen LogP contribution in [-0.2, 0) is 4.74 Å². The largest absolute Gasteiger partial charge is 0.466 e. The van der Waals surface area contributed by atoms with Gasteiger partial charge in [0.15, 0.2) is 12.3 Å². The van der Waals surface area contributed by atoms with E-state index in [9.17, 15) is 17.6 Å². The number of ether oxygens (including phenoxy) is 2. The molecule has 2 aromatic rings.